The van der Waals surface area contributed by atoms with Crippen LogP contribution in [0.25, 0.3) is 16.5 Å². The zero-order valence-corrected chi connectivity index (χ0v) is 18.5. The molecule has 0 unspecified atom stereocenters. The molecule has 2 aromatic carbocycles. The van der Waals surface area contributed by atoms with Gasteiger partial charge in [0.15, 0.2) is 17.4 Å². The van der Waals surface area contributed by atoms with E-state index in [-0.39, 0.29) is 22.2 Å². The van der Waals surface area contributed by atoms with Gasteiger partial charge in [-0.3, -0.25) is 0 Å². The van der Waals surface area contributed by atoms with Crippen LogP contribution in [0.1, 0.15) is 12.5 Å². The molecule has 0 N–H and O–H groups in total. The van der Waals surface area contributed by atoms with E-state index < -0.39 is 16.0 Å². The Labute approximate surface area is 180 Å². The van der Waals surface area contributed by atoms with Gasteiger partial charge in [0.2, 0.25) is 0 Å². The molecule has 1 heterocycles. The summed E-state index contributed by atoms with van der Waals surface area (Å²) in [6.45, 7) is 3.72. The molecule has 3 aromatic rings. The topological polar surface area (TPSA) is 82.7 Å². The lowest BCUT2D eigenvalue weighted by molar-refractivity contribution is -0.582. The van der Waals surface area contributed by atoms with Crippen molar-refractivity contribution < 1.29 is 22.8 Å². The highest BCUT2D eigenvalue weighted by atomic mass is 32.2. The van der Waals surface area contributed by atoms with Gasteiger partial charge in [-0.15, -0.1) is 16.2 Å². The lowest BCUT2D eigenvalue weighted by atomic mass is 10.2. The highest BCUT2D eigenvalue weighted by Crippen LogP contribution is 2.20. The van der Waals surface area contributed by atoms with Crippen LogP contribution < -0.4 is 9.67 Å². The minimum absolute atomic E-state index is 0.0470. The number of aromatic nitrogens is 1. The predicted octanol–water partition coefficient (Wildman–Crippen LogP) is 3.11. The normalized spacial score (nSPS) is 13.2. The van der Waals surface area contributed by atoms with Crippen LogP contribution in [0.4, 0.5) is 0 Å². The second kappa shape index (κ2) is 9.32. The van der Waals surface area contributed by atoms with Gasteiger partial charge in [-0.2, -0.15) is 13.0 Å². The molecule has 0 saturated heterocycles. The van der Waals surface area contributed by atoms with E-state index in [2.05, 4.69) is 4.40 Å². The Morgan fingerprint density at radius 2 is 1.77 bits per heavy atom. The van der Waals surface area contributed by atoms with Gasteiger partial charge in [0.1, 0.15) is 5.95 Å². The number of pyridine rings is 1. The smallest absolute Gasteiger partial charge is 0.283 e. The molecule has 3 rings (SSSR count). The van der Waals surface area contributed by atoms with Crippen molar-refractivity contribution in [1.29, 1.82) is 0 Å². The summed E-state index contributed by atoms with van der Waals surface area (Å²) in [5, 5.41) is 14.7. The maximum absolute atomic E-state index is 12.9. The largest absolute Gasteiger partial charge is 0.609 e. The van der Waals surface area contributed by atoms with E-state index in [4.69, 9.17) is 4.74 Å². The van der Waals surface area contributed by atoms with Crippen LogP contribution in [-0.4, -0.2) is 26.3 Å². The molecule has 0 atom stereocenters. The Bertz CT molecular complexity index is 1220. The number of benzene rings is 2. The van der Waals surface area contributed by atoms with Gasteiger partial charge >= 0.3 is 0 Å². The van der Waals surface area contributed by atoms with Gasteiger partial charge in [0.25, 0.3) is 15.7 Å². The number of rotatable bonds is 6. The van der Waals surface area contributed by atoms with Crippen molar-refractivity contribution in [2.24, 2.45) is 4.40 Å². The van der Waals surface area contributed by atoms with E-state index in [0.29, 0.717) is 0 Å². The molecule has 0 aliphatic heterocycles. The predicted molar refractivity (Wildman–Crippen MR) is 118 cm³/mol. The number of aryl methyl sites for hydroxylation is 1. The number of thioether (sulfide) groups is 1. The molecule has 0 saturated carbocycles. The van der Waals surface area contributed by atoms with Crippen molar-refractivity contribution in [2.75, 3.05) is 12.9 Å². The summed E-state index contributed by atoms with van der Waals surface area (Å²) < 4.78 is 36.5. The lowest BCUT2D eigenvalue weighted by Gasteiger charge is -2.15. The monoisotopic (exact) mass is 442 g/mol. The maximum Gasteiger partial charge on any atom is 0.283 e. The molecular weight excluding hydrogens is 420 g/mol. The fourth-order valence-corrected chi connectivity index (χ4v) is 4.69. The SMILES string of the molecule is CCO/C([O-])=C(/C(=N/S(=O)(=O)c1ccc(C)cc1)SC)[n+]1ccc2ccccc2c1. The maximum atomic E-state index is 12.9. The number of sulfonamides is 1. The molecule has 30 heavy (non-hydrogen) atoms. The van der Waals surface area contributed by atoms with Gasteiger partial charge < -0.3 is 9.84 Å². The fraction of sp³-hybridized carbons (Fsp3) is 0.182. The van der Waals surface area contributed by atoms with Gasteiger partial charge in [-0.05, 0) is 43.4 Å². The first kappa shape index (κ1) is 21.9. The zero-order valence-electron chi connectivity index (χ0n) is 16.9. The molecule has 0 amide bonds. The van der Waals surface area contributed by atoms with E-state index in [1.165, 1.54) is 12.1 Å². The summed E-state index contributed by atoms with van der Waals surface area (Å²) in [7, 11) is -4.01. The Kier molecular flexibility index (Phi) is 6.79. The lowest BCUT2D eigenvalue weighted by Crippen LogP contribution is -2.38. The molecule has 0 bridgehead atoms. The van der Waals surface area contributed by atoms with Crippen LogP contribution in [0.15, 0.2) is 82.2 Å². The van der Waals surface area contributed by atoms with Crippen molar-refractivity contribution in [2.45, 2.75) is 18.7 Å². The third kappa shape index (κ3) is 4.83. The van der Waals surface area contributed by atoms with Crippen LogP contribution in [0.3, 0.4) is 0 Å². The summed E-state index contributed by atoms with van der Waals surface area (Å²) >= 11 is 1.07. The van der Waals surface area contributed by atoms with Gasteiger partial charge in [-0.25, -0.2) is 0 Å². The number of hydrogen-bond donors (Lipinski definition) is 0. The van der Waals surface area contributed by atoms with Crippen molar-refractivity contribution in [1.82, 2.24) is 0 Å². The third-order valence-electron chi connectivity index (χ3n) is 4.33. The number of nitrogens with zero attached hydrogens (tertiary/aromatic N) is 2. The number of hydrogen-bond acceptors (Lipinski definition) is 5. The van der Waals surface area contributed by atoms with E-state index in [9.17, 15) is 13.5 Å². The molecule has 0 spiro atoms. The fourth-order valence-electron chi connectivity index (χ4n) is 2.82. The summed E-state index contributed by atoms with van der Waals surface area (Å²) in [6, 6.07) is 15.9. The molecular formula is C22H22N2O4S2. The van der Waals surface area contributed by atoms with Crippen LogP contribution in [-0.2, 0) is 14.8 Å². The minimum atomic E-state index is -4.01. The van der Waals surface area contributed by atoms with Gasteiger partial charge in [0.05, 0.1) is 4.90 Å². The van der Waals surface area contributed by atoms with Crippen molar-refractivity contribution in [3.63, 3.8) is 0 Å². The summed E-state index contributed by atoms with van der Waals surface area (Å²) in [4.78, 5) is 0.0615. The van der Waals surface area contributed by atoms with Crippen molar-refractivity contribution in [3.05, 3.63) is 78.5 Å². The summed E-state index contributed by atoms with van der Waals surface area (Å²) in [5.74, 6) is -0.648. The second-order valence-corrected chi connectivity index (χ2v) is 8.84. The van der Waals surface area contributed by atoms with Crippen LogP contribution >= 0.6 is 11.8 Å². The van der Waals surface area contributed by atoms with E-state index in [0.717, 1.165) is 28.1 Å². The van der Waals surface area contributed by atoms with Crippen LogP contribution in [0, 0.1) is 6.92 Å². The van der Waals surface area contributed by atoms with Crippen LogP contribution in [0.5, 0.6) is 0 Å². The summed E-state index contributed by atoms with van der Waals surface area (Å²) in [5.41, 5.74) is 0.985. The molecule has 0 radical (unpaired) electrons. The molecule has 6 nitrogen and oxygen atoms in total. The van der Waals surface area contributed by atoms with Crippen LogP contribution in [0.2, 0.25) is 0 Å². The molecule has 1 aromatic heterocycles. The molecule has 156 valence electrons. The Morgan fingerprint density at radius 1 is 1.10 bits per heavy atom. The zero-order chi connectivity index (χ0) is 21.7. The van der Waals surface area contributed by atoms with Crippen molar-refractivity contribution >= 4 is 43.3 Å². The van der Waals surface area contributed by atoms with Gasteiger partial charge in [-0.1, -0.05) is 42.8 Å². The summed E-state index contributed by atoms with van der Waals surface area (Å²) in [6.07, 6.45) is 5.12. The first-order valence-corrected chi connectivity index (χ1v) is 11.9. The van der Waals surface area contributed by atoms with Gasteiger partial charge in [0, 0.05) is 11.5 Å². The molecule has 8 heteroatoms. The highest BCUT2D eigenvalue weighted by Gasteiger charge is 2.24. The average molecular weight is 443 g/mol. The molecule has 0 aliphatic rings. The Hall–Kier alpha value is -2.84. The van der Waals surface area contributed by atoms with Crippen molar-refractivity contribution in [3.8, 4) is 0 Å². The average Bonchev–Trinajstić information content (AvgIpc) is 2.73. The van der Waals surface area contributed by atoms with E-state index in [1.54, 1.807) is 42.3 Å². The highest BCUT2D eigenvalue weighted by molar-refractivity contribution is 8.15. The number of fused-ring (bicyclic) bond motifs is 1. The van der Waals surface area contributed by atoms with E-state index in [1.807, 2.05) is 37.3 Å². The first-order valence-electron chi connectivity index (χ1n) is 9.26. The Morgan fingerprint density at radius 3 is 2.40 bits per heavy atom. The standard InChI is InChI=1S/C22H22N2O4S2/c1-4-28-22(25)20(24-14-13-17-7-5-6-8-18(17)15-24)21(29-3)23-30(26,27)19-11-9-16(2)10-12-19/h5-15H,4H2,1-3H3. The number of ether oxygens (including phenoxy) is 1. The quantitative estimate of drug-likeness (QED) is 0.254. The minimum Gasteiger partial charge on any atom is -0.609 e. The second-order valence-electron chi connectivity index (χ2n) is 6.44. The molecule has 0 fully saturated rings. The molecule has 0 aliphatic carbocycles. The third-order valence-corrected chi connectivity index (χ3v) is 6.41. The Balaban J connectivity index is 2.17. The van der Waals surface area contributed by atoms with E-state index >= 15 is 0 Å². The first-order chi connectivity index (χ1) is 14.4.